The van der Waals surface area contributed by atoms with Gasteiger partial charge in [-0.1, -0.05) is 31.2 Å². The molecule has 2 N–H and O–H groups in total. The van der Waals surface area contributed by atoms with Crippen molar-refractivity contribution in [2.45, 2.75) is 25.4 Å². The SMILES string of the molecule is CCC1(CN)OCCc2ccccc21. The van der Waals surface area contributed by atoms with Crippen molar-refractivity contribution in [3.05, 3.63) is 35.4 Å². The van der Waals surface area contributed by atoms with Gasteiger partial charge in [-0.05, 0) is 24.0 Å². The van der Waals surface area contributed by atoms with Crippen LogP contribution in [0.25, 0.3) is 0 Å². The molecule has 14 heavy (non-hydrogen) atoms. The molecule has 0 fully saturated rings. The van der Waals surface area contributed by atoms with E-state index >= 15 is 0 Å². The summed E-state index contributed by atoms with van der Waals surface area (Å²) in [7, 11) is 0. The average Bonchev–Trinajstić information content (AvgIpc) is 2.28. The Labute approximate surface area is 85.1 Å². The van der Waals surface area contributed by atoms with Gasteiger partial charge in [0.25, 0.3) is 0 Å². The summed E-state index contributed by atoms with van der Waals surface area (Å²) in [6.45, 7) is 3.50. The number of nitrogens with two attached hydrogens (primary N) is 1. The molecule has 76 valence electrons. The molecule has 0 radical (unpaired) electrons. The molecule has 1 aromatic carbocycles. The first kappa shape index (κ1) is 9.69. The third kappa shape index (κ3) is 1.35. The molecule has 1 aliphatic rings. The average molecular weight is 191 g/mol. The van der Waals surface area contributed by atoms with Gasteiger partial charge in [-0.15, -0.1) is 0 Å². The predicted molar refractivity (Wildman–Crippen MR) is 57.1 cm³/mol. The van der Waals surface area contributed by atoms with Crippen LogP contribution < -0.4 is 5.73 Å². The van der Waals surface area contributed by atoms with E-state index in [1.165, 1.54) is 11.1 Å². The minimum atomic E-state index is -0.227. The maximum Gasteiger partial charge on any atom is 0.105 e. The third-order valence-corrected chi connectivity index (χ3v) is 3.16. The summed E-state index contributed by atoms with van der Waals surface area (Å²) in [5.74, 6) is 0. The van der Waals surface area contributed by atoms with Crippen LogP contribution in [-0.4, -0.2) is 13.2 Å². The van der Waals surface area contributed by atoms with E-state index in [4.69, 9.17) is 10.5 Å². The first-order valence-corrected chi connectivity index (χ1v) is 5.25. The second kappa shape index (κ2) is 3.71. The number of benzene rings is 1. The Morgan fingerprint density at radius 3 is 2.93 bits per heavy atom. The number of hydrogen-bond acceptors (Lipinski definition) is 2. The second-order valence-electron chi connectivity index (χ2n) is 3.81. The zero-order valence-electron chi connectivity index (χ0n) is 8.62. The van der Waals surface area contributed by atoms with Gasteiger partial charge in [-0.3, -0.25) is 0 Å². The smallest absolute Gasteiger partial charge is 0.105 e. The number of ether oxygens (including phenoxy) is 1. The molecule has 0 aliphatic carbocycles. The molecule has 0 saturated heterocycles. The van der Waals surface area contributed by atoms with E-state index < -0.39 is 0 Å². The third-order valence-electron chi connectivity index (χ3n) is 3.16. The number of fused-ring (bicyclic) bond motifs is 1. The molecule has 1 heterocycles. The van der Waals surface area contributed by atoms with Gasteiger partial charge in [0.1, 0.15) is 5.60 Å². The Morgan fingerprint density at radius 1 is 1.43 bits per heavy atom. The molecule has 1 aromatic rings. The van der Waals surface area contributed by atoms with Gasteiger partial charge in [0, 0.05) is 6.54 Å². The summed E-state index contributed by atoms with van der Waals surface area (Å²) in [6, 6.07) is 8.47. The van der Waals surface area contributed by atoms with E-state index in [-0.39, 0.29) is 5.60 Å². The lowest BCUT2D eigenvalue weighted by atomic mass is 9.84. The van der Waals surface area contributed by atoms with E-state index in [1.807, 2.05) is 0 Å². The second-order valence-corrected chi connectivity index (χ2v) is 3.81. The Morgan fingerprint density at radius 2 is 2.21 bits per heavy atom. The van der Waals surface area contributed by atoms with Crippen LogP contribution in [0, 0.1) is 0 Å². The van der Waals surface area contributed by atoms with Crippen molar-refractivity contribution in [3.8, 4) is 0 Å². The summed E-state index contributed by atoms with van der Waals surface area (Å²) in [6.07, 6.45) is 1.96. The van der Waals surface area contributed by atoms with Crippen molar-refractivity contribution in [2.24, 2.45) is 5.73 Å². The van der Waals surface area contributed by atoms with Crippen LogP contribution >= 0.6 is 0 Å². The Kier molecular flexibility index (Phi) is 2.57. The normalized spacial score (nSPS) is 25.9. The van der Waals surface area contributed by atoms with Crippen LogP contribution in [0.3, 0.4) is 0 Å². The highest BCUT2D eigenvalue weighted by Gasteiger charge is 2.34. The van der Waals surface area contributed by atoms with Crippen LogP contribution in [-0.2, 0) is 16.8 Å². The van der Waals surface area contributed by atoms with Crippen LogP contribution in [0.15, 0.2) is 24.3 Å². The van der Waals surface area contributed by atoms with E-state index in [9.17, 15) is 0 Å². The summed E-state index contributed by atoms with van der Waals surface area (Å²) in [4.78, 5) is 0. The Hall–Kier alpha value is -0.860. The quantitative estimate of drug-likeness (QED) is 0.774. The van der Waals surface area contributed by atoms with Gasteiger partial charge in [-0.25, -0.2) is 0 Å². The zero-order valence-corrected chi connectivity index (χ0v) is 8.62. The summed E-state index contributed by atoms with van der Waals surface area (Å²) < 4.78 is 5.87. The first-order valence-electron chi connectivity index (χ1n) is 5.25. The van der Waals surface area contributed by atoms with Crippen molar-refractivity contribution in [3.63, 3.8) is 0 Å². The monoisotopic (exact) mass is 191 g/mol. The molecule has 0 amide bonds. The highest BCUT2D eigenvalue weighted by molar-refractivity contribution is 5.34. The minimum absolute atomic E-state index is 0.227. The van der Waals surface area contributed by atoms with E-state index in [0.717, 1.165) is 19.4 Å². The topological polar surface area (TPSA) is 35.2 Å². The molecule has 0 aromatic heterocycles. The fourth-order valence-corrected chi connectivity index (χ4v) is 2.22. The highest BCUT2D eigenvalue weighted by Crippen LogP contribution is 2.34. The van der Waals surface area contributed by atoms with E-state index in [1.54, 1.807) is 0 Å². The predicted octanol–water partition coefficient (Wildman–Crippen LogP) is 1.82. The van der Waals surface area contributed by atoms with Crippen molar-refractivity contribution in [1.82, 2.24) is 0 Å². The molecule has 1 unspecified atom stereocenters. The van der Waals surface area contributed by atoms with Crippen molar-refractivity contribution in [1.29, 1.82) is 0 Å². The maximum atomic E-state index is 5.87. The summed E-state index contributed by atoms with van der Waals surface area (Å²) in [5.41, 5.74) is 8.29. The Bertz CT molecular complexity index is 318. The lowest BCUT2D eigenvalue weighted by molar-refractivity contribution is -0.0562. The van der Waals surface area contributed by atoms with Gasteiger partial charge in [0.15, 0.2) is 0 Å². The minimum Gasteiger partial charge on any atom is -0.369 e. The lowest BCUT2D eigenvalue weighted by Crippen LogP contribution is -2.41. The molecule has 1 atom stereocenters. The lowest BCUT2D eigenvalue weighted by Gasteiger charge is -2.37. The van der Waals surface area contributed by atoms with Crippen LogP contribution in [0.1, 0.15) is 24.5 Å². The van der Waals surface area contributed by atoms with Crippen molar-refractivity contribution < 1.29 is 4.74 Å². The van der Waals surface area contributed by atoms with Gasteiger partial charge in [0.05, 0.1) is 6.61 Å². The van der Waals surface area contributed by atoms with E-state index in [2.05, 4.69) is 31.2 Å². The van der Waals surface area contributed by atoms with Gasteiger partial charge >= 0.3 is 0 Å². The Balaban J connectivity index is 2.48. The zero-order chi connectivity index (χ0) is 10.0. The molecule has 0 spiro atoms. The molecule has 1 aliphatic heterocycles. The molecular formula is C12H17NO. The summed E-state index contributed by atoms with van der Waals surface area (Å²) >= 11 is 0. The summed E-state index contributed by atoms with van der Waals surface area (Å²) in [5, 5.41) is 0. The van der Waals surface area contributed by atoms with Crippen LogP contribution in [0.5, 0.6) is 0 Å². The maximum absolute atomic E-state index is 5.87. The molecule has 2 heteroatoms. The standard InChI is InChI=1S/C12H17NO/c1-2-12(9-13)11-6-4-3-5-10(11)7-8-14-12/h3-6H,2,7-9,13H2,1H3. The number of hydrogen-bond donors (Lipinski definition) is 1. The molecular weight excluding hydrogens is 174 g/mol. The van der Waals surface area contributed by atoms with Crippen LogP contribution in [0.4, 0.5) is 0 Å². The van der Waals surface area contributed by atoms with Gasteiger partial charge in [-0.2, -0.15) is 0 Å². The largest absolute Gasteiger partial charge is 0.369 e. The molecule has 2 nitrogen and oxygen atoms in total. The molecule has 0 bridgehead atoms. The first-order chi connectivity index (χ1) is 6.82. The van der Waals surface area contributed by atoms with E-state index in [0.29, 0.717) is 6.54 Å². The molecule has 0 saturated carbocycles. The molecule has 2 rings (SSSR count). The van der Waals surface area contributed by atoms with Crippen molar-refractivity contribution in [2.75, 3.05) is 13.2 Å². The fraction of sp³-hybridized carbons (Fsp3) is 0.500. The van der Waals surface area contributed by atoms with Crippen LogP contribution in [0.2, 0.25) is 0 Å². The van der Waals surface area contributed by atoms with Gasteiger partial charge < -0.3 is 10.5 Å². The van der Waals surface area contributed by atoms with Gasteiger partial charge in [0.2, 0.25) is 0 Å². The number of rotatable bonds is 2. The fourth-order valence-electron chi connectivity index (χ4n) is 2.22. The highest BCUT2D eigenvalue weighted by atomic mass is 16.5. The van der Waals surface area contributed by atoms with Crippen molar-refractivity contribution >= 4 is 0 Å².